The van der Waals surface area contributed by atoms with E-state index >= 15 is 0 Å². The van der Waals surface area contributed by atoms with Gasteiger partial charge in [-0.25, -0.2) is 9.97 Å². The first kappa shape index (κ1) is 11.7. The van der Waals surface area contributed by atoms with Crippen LogP contribution in [0.25, 0.3) is 5.78 Å². The van der Waals surface area contributed by atoms with Gasteiger partial charge in [0.1, 0.15) is 0 Å². The second-order valence-corrected chi connectivity index (χ2v) is 8.22. The molecule has 0 spiro atoms. The van der Waals surface area contributed by atoms with Gasteiger partial charge in [0.15, 0.2) is 0 Å². The third-order valence-electron chi connectivity index (χ3n) is 5.86. The number of hydrogen-bond acceptors (Lipinski definition) is 2. The molecule has 0 radical (unpaired) electrons. The van der Waals surface area contributed by atoms with Crippen molar-refractivity contribution in [2.75, 3.05) is 0 Å². The van der Waals surface area contributed by atoms with Gasteiger partial charge in [-0.1, -0.05) is 0 Å². The second-order valence-electron chi connectivity index (χ2n) is 7.30. The number of aromatic nitrogens is 3. The minimum atomic E-state index is 0.370. The van der Waals surface area contributed by atoms with E-state index < -0.39 is 0 Å². The summed E-state index contributed by atoms with van der Waals surface area (Å²) in [4.78, 5) is 9.31. The summed E-state index contributed by atoms with van der Waals surface area (Å²) >= 11 is 3.49. The predicted octanol–water partition coefficient (Wildman–Crippen LogP) is 3.96. The van der Waals surface area contributed by atoms with Gasteiger partial charge in [-0.15, -0.1) is 0 Å². The first-order valence-corrected chi connectivity index (χ1v) is 8.50. The molecular formula is C16H18BrN3. The number of halogens is 1. The molecule has 4 aliphatic carbocycles. The zero-order valence-electron chi connectivity index (χ0n) is 11.4. The third kappa shape index (κ3) is 1.57. The van der Waals surface area contributed by atoms with Gasteiger partial charge in [-0.05, 0) is 72.2 Å². The number of nitrogens with zero attached hydrogens (tertiary/aromatic N) is 3. The zero-order valence-corrected chi connectivity index (χ0v) is 13.0. The fourth-order valence-corrected chi connectivity index (χ4v) is 5.86. The molecule has 0 amide bonds. The summed E-state index contributed by atoms with van der Waals surface area (Å²) < 4.78 is 3.09. The van der Waals surface area contributed by atoms with Crippen LogP contribution in [0.4, 0.5) is 0 Å². The molecule has 0 unspecified atom stereocenters. The molecule has 2 aromatic rings. The van der Waals surface area contributed by atoms with E-state index in [2.05, 4.69) is 37.7 Å². The van der Waals surface area contributed by atoms with Crippen LogP contribution in [0.15, 0.2) is 23.1 Å². The summed E-state index contributed by atoms with van der Waals surface area (Å²) in [6, 6.07) is 0. The van der Waals surface area contributed by atoms with Gasteiger partial charge in [0.25, 0.3) is 0 Å². The maximum Gasteiger partial charge on any atom is 0.234 e. The molecule has 2 aromatic heterocycles. The predicted molar refractivity (Wildman–Crippen MR) is 80.5 cm³/mol. The van der Waals surface area contributed by atoms with E-state index in [4.69, 9.17) is 4.98 Å². The monoisotopic (exact) mass is 331 g/mol. The molecule has 0 N–H and O–H groups in total. The molecule has 4 aliphatic rings. The van der Waals surface area contributed by atoms with Crippen LogP contribution >= 0.6 is 15.9 Å². The summed E-state index contributed by atoms with van der Waals surface area (Å²) in [6.07, 6.45) is 14.7. The molecule has 6 rings (SSSR count). The molecule has 104 valence electrons. The lowest BCUT2D eigenvalue weighted by molar-refractivity contribution is -0.00698. The number of hydrogen-bond donors (Lipinski definition) is 0. The van der Waals surface area contributed by atoms with Gasteiger partial charge in [-0.2, -0.15) is 0 Å². The number of rotatable bonds is 1. The Hall–Kier alpha value is -0.900. The Balaban J connectivity index is 1.63. The topological polar surface area (TPSA) is 30.2 Å². The van der Waals surface area contributed by atoms with Gasteiger partial charge in [0.2, 0.25) is 5.78 Å². The first-order chi connectivity index (χ1) is 9.70. The zero-order chi connectivity index (χ0) is 13.3. The van der Waals surface area contributed by atoms with E-state index in [0.29, 0.717) is 5.41 Å². The Bertz CT molecular complexity index is 655. The van der Waals surface area contributed by atoms with Crippen molar-refractivity contribution in [2.45, 2.75) is 43.9 Å². The standard InChI is InChI=1S/C16H18BrN3/c17-13-7-18-15-19-14(9-20(15)8-13)16-4-10-1-11(5-16)3-12(2-10)6-16/h7-12H,1-6H2. The molecule has 0 aliphatic heterocycles. The van der Waals surface area contributed by atoms with Crippen molar-refractivity contribution in [2.24, 2.45) is 17.8 Å². The molecule has 0 aromatic carbocycles. The lowest BCUT2D eigenvalue weighted by Crippen LogP contribution is -2.48. The molecule has 3 nitrogen and oxygen atoms in total. The Kier molecular flexibility index (Phi) is 2.25. The van der Waals surface area contributed by atoms with Crippen LogP contribution in [-0.4, -0.2) is 14.4 Å². The van der Waals surface area contributed by atoms with Crippen LogP contribution in [0, 0.1) is 17.8 Å². The third-order valence-corrected chi connectivity index (χ3v) is 6.27. The molecule has 20 heavy (non-hydrogen) atoms. The molecule has 4 bridgehead atoms. The van der Waals surface area contributed by atoms with Crippen molar-refractivity contribution in [3.8, 4) is 0 Å². The van der Waals surface area contributed by atoms with Crippen LogP contribution in [0.1, 0.15) is 44.2 Å². The van der Waals surface area contributed by atoms with Gasteiger partial charge < -0.3 is 0 Å². The summed E-state index contributed by atoms with van der Waals surface area (Å²) in [5.74, 6) is 3.74. The SMILES string of the molecule is Brc1cnc2nc(C34CC5CC(CC(C5)C3)C4)cn2c1. The normalized spacial score (nSPS) is 38.8. The van der Waals surface area contributed by atoms with Gasteiger partial charge in [0, 0.05) is 24.0 Å². The van der Waals surface area contributed by atoms with Crippen LogP contribution < -0.4 is 0 Å². The van der Waals surface area contributed by atoms with Crippen molar-refractivity contribution >= 4 is 21.7 Å². The van der Waals surface area contributed by atoms with Crippen molar-refractivity contribution in [1.82, 2.24) is 14.4 Å². The Morgan fingerprint density at radius 3 is 2.35 bits per heavy atom. The average Bonchev–Trinajstić information content (AvgIpc) is 2.80. The molecular weight excluding hydrogens is 314 g/mol. The molecule has 4 heteroatoms. The fourth-order valence-electron chi connectivity index (χ4n) is 5.54. The maximum absolute atomic E-state index is 4.87. The Labute approximate surface area is 126 Å². The lowest BCUT2D eigenvalue weighted by Gasteiger charge is -2.56. The van der Waals surface area contributed by atoms with E-state index in [1.54, 1.807) is 0 Å². The lowest BCUT2D eigenvalue weighted by atomic mass is 9.49. The minimum Gasteiger partial charge on any atom is -0.290 e. The number of fused-ring (bicyclic) bond motifs is 1. The van der Waals surface area contributed by atoms with E-state index in [1.807, 2.05) is 6.20 Å². The van der Waals surface area contributed by atoms with E-state index in [-0.39, 0.29) is 0 Å². The maximum atomic E-state index is 4.87. The van der Waals surface area contributed by atoms with E-state index in [9.17, 15) is 0 Å². The Morgan fingerprint density at radius 1 is 1.05 bits per heavy atom. The van der Waals surface area contributed by atoms with Gasteiger partial charge in [0.05, 0.1) is 10.2 Å². The van der Waals surface area contributed by atoms with Gasteiger partial charge >= 0.3 is 0 Å². The van der Waals surface area contributed by atoms with Crippen LogP contribution in [-0.2, 0) is 5.41 Å². The molecule has 0 saturated heterocycles. The smallest absolute Gasteiger partial charge is 0.234 e. The quantitative estimate of drug-likeness (QED) is 0.791. The summed E-state index contributed by atoms with van der Waals surface area (Å²) in [5.41, 5.74) is 1.68. The highest BCUT2D eigenvalue weighted by atomic mass is 79.9. The van der Waals surface area contributed by atoms with Crippen molar-refractivity contribution in [3.05, 3.63) is 28.8 Å². The van der Waals surface area contributed by atoms with Crippen LogP contribution in [0.5, 0.6) is 0 Å². The molecule has 4 fully saturated rings. The van der Waals surface area contributed by atoms with Crippen molar-refractivity contribution < 1.29 is 0 Å². The van der Waals surface area contributed by atoms with Crippen molar-refractivity contribution in [1.29, 1.82) is 0 Å². The van der Waals surface area contributed by atoms with Gasteiger partial charge in [-0.3, -0.25) is 4.40 Å². The largest absolute Gasteiger partial charge is 0.290 e. The minimum absolute atomic E-state index is 0.370. The van der Waals surface area contributed by atoms with Crippen molar-refractivity contribution in [3.63, 3.8) is 0 Å². The molecule has 2 heterocycles. The van der Waals surface area contributed by atoms with Crippen LogP contribution in [0.2, 0.25) is 0 Å². The summed E-state index contributed by atoms with van der Waals surface area (Å²) in [6.45, 7) is 0. The Morgan fingerprint density at radius 2 is 1.70 bits per heavy atom. The average molecular weight is 332 g/mol. The highest BCUT2D eigenvalue weighted by Crippen LogP contribution is 2.60. The van der Waals surface area contributed by atoms with E-state index in [0.717, 1.165) is 28.0 Å². The number of imidazole rings is 1. The summed E-state index contributed by atoms with van der Waals surface area (Å²) in [5, 5.41) is 0. The fraction of sp³-hybridized carbons (Fsp3) is 0.625. The van der Waals surface area contributed by atoms with E-state index in [1.165, 1.54) is 44.2 Å². The highest BCUT2D eigenvalue weighted by molar-refractivity contribution is 9.10. The summed E-state index contributed by atoms with van der Waals surface area (Å²) in [7, 11) is 0. The first-order valence-electron chi connectivity index (χ1n) is 7.71. The second kappa shape index (κ2) is 3.85. The van der Waals surface area contributed by atoms with Crippen LogP contribution in [0.3, 0.4) is 0 Å². The molecule has 0 atom stereocenters. The highest BCUT2D eigenvalue weighted by Gasteiger charge is 2.52. The molecule has 4 saturated carbocycles.